The Labute approximate surface area is 118 Å². The van der Waals surface area contributed by atoms with Crippen LogP contribution in [0.2, 0.25) is 0 Å². The second-order valence-electron chi connectivity index (χ2n) is 6.57. The van der Waals surface area contributed by atoms with Crippen LogP contribution in [-0.4, -0.2) is 13.2 Å². The fraction of sp³-hybridized carbons (Fsp3) is 0.647. The normalized spacial score (nSPS) is 13.5. The molecular weight excluding hydrogens is 234 g/mol. The van der Waals surface area contributed by atoms with Crippen LogP contribution in [0.1, 0.15) is 53.5 Å². The average Bonchev–Trinajstić information content (AvgIpc) is 2.34. The van der Waals surface area contributed by atoms with Gasteiger partial charge < -0.3 is 10.1 Å². The molecule has 0 heterocycles. The summed E-state index contributed by atoms with van der Waals surface area (Å²) in [5, 5.41) is 3.64. The molecule has 2 nitrogen and oxygen atoms in total. The molecule has 0 aliphatic heterocycles. The summed E-state index contributed by atoms with van der Waals surface area (Å²) < 4.78 is 5.48. The molecule has 1 rings (SSSR count). The first kappa shape index (κ1) is 15.9. The zero-order valence-corrected chi connectivity index (χ0v) is 13.5. The van der Waals surface area contributed by atoms with Gasteiger partial charge in [0, 0.05) is 6.04 Å². The number of nitrogens with one attached hydrogen (secondary N) is 1. The molecule has 0 amide bonds. The van der Waals surface area contributed by atoms with Gasteiger partial charge in [-0.2, -0.15) is 0 Å². The van der Waals surface area contributed by atoms with Gasteiger partial charge in [0.1, 0.15) is 5.75 Å². The molecule has 1 N–H and O–H groups in total. The summed E-state index contributed by atoms with van der Waals surface area (Å²) in [6.07, 6.45) is 1.11. The van der Waals surface area contributed by atoms with E-state index in [1.54, 1.807) is 7.11 Å². The van der Waals surface area contributed by atoms with Crippen molar-refractivity contribution in [2.45, 2.75) is 59.4 Å². The topological polar surface area (TPSA) is 21.3 Å². The summed E-state index contributed by atoms with van der Waals surface area (Å²) in [6, 6.07) is 6.92. The third kappa shape index (κ3) is 4.15. The maximum absolute atomic E-state index is 5.48. The van der Waals surface area contributed by atoms with E-state index in [9.17, 15) is 0 Å². The predicted molar refractivity (Wildman–Crippen MR) is 84.2 cm³/mol. The van der Waals surface area contributed by atoms with Gasteiger partial charge in [0.2, 0.25) is 0 Å². The number of benzene rings is 1. The Morgan fingerprint density at radius 3 is 2.26 bits per heavy atom. The number of methoxy groups -OCH3 is 1. The van der Waals surface area contributed by atoms with E-state index >= 15 is 0 Å². The summed E-state index contributed by atoms with van der Waals surface area (Å²) in [7, 11) is 1.73. The molecule has 0 aromatic heterocycles. The van der Waals surface area contributed by atoms with Gasteiger partial charge in [0.15, 0.2) is 0 Å². The first-order chi connectivity index (χ1) is 8.79. The molecule has 19 heavy (non-hydrogen) atoms. The van der Waals surface area contributed by atoms with E-state index in [2.05, 4.69) is 65.1 Å². The SMILES string of the molecule is CCC(Nc1cc(C(C)(C)C)ccc1OC)C(C)C. The lowest BCUT2D eigenvalue weighted by Crippen LogP contribution is -2.25. The van der Waals surface area contributed by atoms with Gasteiger partial charge in [0.05, 0.1) is 12.8 Å². The number of rotatable bonds is 5. The van der Waals surface area contributed by atoms with Crippen molar-refractivity contribution < 1.29 is 4.74 Å². The van der Waals surface area contributed by atoms with E-state index in [0.717, 1.165) is 17.9 Å². The minimum atomic E-state index is 0.155. The lowest BCUT2D eigenvalue weighted by atomic mass is 9.86. The van der Waals surface area contributed by atoms with Crippen LogP contribution in [-0.2, 0) is 5.41 Å². The van der Waals surface area contributed by atoms with Gasteiger partial charge in [-0.05, 0) is 35.4 Å². The summed E-state index contributed by atoms with van der Waals surface area (Å²) in [5.74, 6) is 1.53. The van der Waals surface area contributed by atoms with E-state index in [0.29, 0.717) is 12.0 Å². The Bertz CT molecular complexity index is 404. The smallest absolute Gasteiger partial charge is 0.141 e. The highest BCUT2D eigenvalue weighted by atomic mass is 16.5. The van der Waals surface area contributed by atoms with Crippen LogP contribution in [0.5, 0.6) is 5.75 Å². The highest BCUT2D eigenvalue weighted by Crippen LogP contribution is 2.32. The van der Waals surface area contributed by atoms with Crippen LogP contribution < -0.4 is 10.1 Å². The molecule has 0 radical (unpaired) electrons. The molecule has 0 aliphatic carbocycles. The summed E-state index contributed by atoms with van der Waals surface area (Å²) in [5.41, 5.74) is 2.59. The maximum Gasteiger partial charge on any atom is 0.141 e. The molecule has 108 valence electrons. The van der Waals surface area contributed by atoms with E-state index in [1.165, 1.54) is 5.56 Å². The molecule has 2 heteroatoms. The molecule has 0 saturated carbocycles. The average molecular weight is 263 g/mol. The van der Waals surface area contributed by atoms with Crippen molar-refractivity contribution in [2.24, 2.45) is 5.92 Å². The molecule has 0 bridgehead atoms. The number of hydrogen-bond donors (Lipinski definition) is 1. The fourth-order valence-electron chi connectivity index (χ4n) is 2.23. The minimum Gasteiger partial charge on any atom is -0.495 e. The lowest BCUT2D eigenvalue weighted by Gasteiger charge is -2.26. The van der Waals surface area contributed by atoms with Crippen LogP contribution in [0.15, 0.2) is 18.2 Å². The molecule has 0 fully saturated rings. The molecule has 1 aromatic rings. The first-order valence-electron chi connectivity index (χ1n) is 7.24. The van der Waals surface area contributed by atoms with Gasteiger partial charge in [-0.15, -0.1) is 0 Å². The molecule has 0 spiro atoms. The lowest BCUT2D eigenvalue weighted by molar-refractivity contribution is 0.413. The second kappa shape index (κ2) is 6.31. The van der Waals surface area contributed by atoms with E-state index in [-0.39, 0.29) is 5.41 Å². The molecule has 0 saturated heterocycles. The Morgan fingerprint density at radius 1 is 1.21 bits per heavy atom. The largest absolute Gasteiger partial charge is 0.495 e. The van der Waals surface area contributed by atoms with Gasteiger partial charge in [0.25, 0.3) is 0 Å². The zero-order chi connectivity index (χ0) is 14.6. The molecular formula is C17H29NO. The van der Waals surface area contributed by atoms with E-state index in [1.807, 2.05) is 0 Å². The van der Waals surface area contributed by atoms with E-state index < -0.39 is 0 Å². The highest BCUT2D eigenvalue weighted by molar-refractivity contribution is 5.59. The van der Waals surface area contributed by atoms with E-state index in [4.69, 9.17) is 4.74 Å². The predicted octanol–water partition coefficient (Wildman–Crippen LogP) is 4.84. The Hall–Kier alpha value is -1.18. The molecule has 1 atom stereocenters. The van der Waals surface area contributed by atoms with Crippen LogP contribution in [0.25, 0.3) is 0 Å². The Morgan fingerprint density at radius 2 is 1.84 bits per heavy atom. The summed E-state index contributed by atoms with van der Waals surface area (Å²) in [4.78, 5) is 0. The van der Waals surface area contributed by atoms with Crippen molar-refractivity contribution in [2.75, 3.05) is 12.4 Å². The Kier molecular flexibility index (Phi) is 5.28. The minimum absolute atomic E-state index is 0.155. The van der Waals surface area contributed by atoms with Crippen LogP contribution in [0.3, 0.4) is 0 Å². The van der Waals surface area contributed by atoms with Crippen molar-refractivity contribution in [3.63, 3.8) is 0 Å². The van der Waals surface area contributed by atoms with Crippen LogP contribution >= 0.6 is 0 Å². The zero-order valence-electron chi connectivity index (χ0n) is 13.5. The van der Waals surface area contributed by atoms with Gasteiger partial charge >= 0.3 is 0 Å². The summed E-state index contributed by atoms with van der Waals surface area (Å²) >= 11 is 0. The van der Waals surface area contributed by atoms with Crippen LogP contribution in [0, 0.1) is 5.92 Å². The Balaban J connectivity index is 3.09. The molecule has 1 aromatic carbocycles. The number of ether oxygens (including phenoxy) is 1. The van der Waals surface area contributed by atoms with Crippen molar-refractivity contribution in [3.05, 3.63) is 23.8 Å². The highest BCUT2D eigenvalue weighted by Gasteiger charge is 2.18. The van der Waals surface area contributed by atoms with Gasteiger partial charge in [-0.1, -0.05) is 47.6 Å². The van der Waals surface area contributed by atoms with Crippen molar-refractivity contribution >= 4 is 5.69 Å². The van der Waals surface area contributed by atoms with Gasteiger partial charge in [-0.25, -0.2) is 0 Å². The maximum atomic E-state index is 5.48. The monoisotopic (exact) mass is 263 g/mol. The number of anilines is 1. The third-order valence-electron chi connectivity index (χ3n) is 3.65. The van der Waals surface area contributed by atoms with Crippen LogP contribution in [0.4, 0.5) is 5.69 Å². The van der Waals surface area contributed by atoms with Crippen molar-refractivity contribution in [1.29, 1.82) is 0 Å². The standard InChI is InChI=1S/C17H29NO/c1-8-14(12(2)3)18-15-11-13(17(4,5)6)9-10-16(15)19-7/h9-12,14,18H,8H2,1-7H3. The third-order valence-corrected chi connectivity index (χ3v) is 3.65. The number of hydrogen-bond acceptors (Lipinski definition) is 2. The fourth-order valence-corrected chi connectivity index (χ4v) is 2.23. The quantitative estimate of drug-likeness (QED) is 0.820. The molecule has 0 aliphatic rings. The second-order valence-corrected chi connectivity index (χ2v) is 6.57. The summed E-state index contributed by atoms with van der Waals surface area (Å²) in [6.45, 7) is 13.4. The first-order valence-corrected chi connectivity index (χ1v) is 7.24. The molecule has 1 unspecified atom stereocenters. The van der Waals surface area contributed by atoms with Crippen molar-refractivity contribution in [1.82, 2.24) is 0 Å². The van der Waals surface area contributed by atoms with Crippen molar-refractivity contribution in [3.8, 4) is 5.75 Å². The van der Waals surface area contributed by atoms with Gasteiger partial charge in [-0.3, -0.25) is 0 Å².